The molecule has 0 bridgehead atoms. The molecule has 0 saturated carbocycles. The summed E-state index contributed by atoms with van der Waals surface area (Å²) in [5.41, 5.74) is 4.70. The fraction of sp³-hybridized carbons (Fsp3) is 0.190. The molecule has 0 spiro atoms. The highest BCUT2D eigenvalue weighted by Gasteiger charge is 2.48. The Morgan fingerprint density at radius 1 is 0.885 bits per heavy atom. The summed E-state index contributed by atoms with van der Waals surface area (Å²) >= 11 is 0. The number of pyridine rings is 1. The molecule has 1 aliphatic rings. The molecule has 2 heterocycles. The van der Waals surface area contributed by atoms with E-state index in [1.165, 1.54) is 22.9 Å². The number of hydrogen-bond acceptors (Lipinski definition) is 3. The van der Waals surface area contributed by atoms with Crippen LogP contribution in [-0.4, -0.2) is 14.1 Å². The molecule has 0 unspecified atom stereocenters. The zero-order valence-electron chi connectivity index (χ0n) is 15.7. The van der Waals surface area contributed by atoms with E-state index in [1.807, 2.05) is 6.07 Å². The van der Waals surface area contributed by atoms with Crippen LogP contribution < -0.4 is 18.9 Å². The van der Waals surface area contributed by atoms with Crippen molar-refractivity contribution < 1.29 is 9.30 Å². The van der Waals surface area contributed by atoms with E-state index >= 15 is 0 Å². The second-order valence-corrected chi connectivity index (χ2v) is 6.64. The van der Waals surface area contributed by atoms with E-state index in [4.69, 9.17) is 4.74 Å². The van der Waals surface area contributed by atoms with Crippen LogP contribution in [0.2, 0.25) is 6.82 Å². The van der Waals surface area contributed by atoms with Crippen molar-refractivity contribution in [3.8, 4) is 5.75 Å². The van der Waals surface area contributed by atoms with Gasteiger partial charge in [-0.05, 0) is 50.1 Å². The second-order valence-electron chi connectivity index (χ2n) is 6.64. The molecule has 0 atom stereocenters. The van der Waals surface area contributed by atoms with E-state index in [0.717, 1.165) is 11.3 Å². The van der Waals surface area contributed by atoms with Gasteiger partial charge < -0.3 is 9.55 Å². The average Bonchev–Trinajstić information content (AvgIpc) is 2.96. The van der Waals surface area contributed by atoms with Crippen molar-refractivity contribution >= 4 is 29.9 Å². The SMILES string of the molecule is COc1cccc(N2B(C)N(c3ccccc3)c3ccc[n+](C)c32)c1C. The summed E-state index contributed by atoms with van der Waals surface area (Å²) in [7, 11) is 3.83. The maximum absolute atomic E-state index is 5.56. The predicted octanol–water partition coefficient (Wildman–Crippen LogP) is 4.24. The molecule has 1 aromatic heterocycles. The number of aryl methyl sites for hydroxylation is 1. The minimum absolute atomic E-state index is 0.145. The van der Waals surface area contributed by atoms with Gasteiger partial charge in [0.2, 0.25) is 0 Å². The van der Waals surface area contributed by atoms with Gasteiger partial charge in [-0.1, -0.05) is 24.3 Å². The van der Waals surface area contributed by atoms with Crippen LogP contribution in [0.4, 0.5) is 22.9 Å². The zero-order valence-corrected chi connectivity index (χ0v) is 15.7. The Morgan fingerprint density at radius 2 is 1.62 bits per heavy atom. The lowest BCUT2D eigenvalue weighted by Gasteiger charge is -2.22. The highest BCUT2D eigenvalue weighted by molar-refractivity contribution is 6.71. The van der Waals surface area contributed by atoms with Crippen molar-refractivity contribution in [3.05, 3.63) is 72.4 Å². The lowest BCUT2D eigenvalue weighted by molar-refractivity contribution is -0.657. The molecular weight excluding hydrogens is 321 g/mol. The molecule has 4 nitrogen and oxygen atoms in total. The van der Waals surface area contributed by atoms with E-state index in [1.54, 1.807) is 7.11 Å². The Balaban J connectivity index is 1.93. The molecule has 4 rings (SSSR count). The molecule has 0 aliphatic carbocycles. The average molecular weight is 344 g/mol. The van der Waals surface area contributed by atoms with Gasteiger partial charge in [0.15, 0.2) is 0 Å². The number of methoxy groups -OCH3 is 1. The Labute approximate surface area is 155 Å². The topological polar surface area (TPSA) is 19.6 Å². The lowest BCUT2D eigenvalue weighted by Crippen LogP contribution is -2.44. The Kier molecular flexibility index (Phi) is 4.07. The Morgan fingerprint density at radius 3 is 2.35 bits per heavy atom. The van der Waals surface area contributed by atoms with Crippen LogP contribution in [0.5, 0.6) is 5.75 Å². The van der Waals surface area contributed by atoms with Gasteiger partial charge in [-0.25, -0.2) is 4.57 Å². The summed E-state index contributed by atoms with van der Waals surface area (Å²) in [6.07, 6.45) is 2.10. The van der Waals surface area contributed by atoms with Crippen LogP contribution in [0.25, 0.3) is 0 Å². The molecule has 0 amide bonds. The minimum Gasteiger partial charge on any atom is -0.496 e. The third-order valence-corrected chi connectivity index (χ3v) is 5.13. The molecule has 1 aliphatic heterocycles. The Hall–Kier alpha value is -2.95. The molecule has 5 heteroatoms. The summed E-state index contributed by atoms with van der Waals surface area (Å²) in [4.78, 5) is 4.77. The van der Waals surface area contributed by atoms with Gasteiger partial charge >= 0.3 is 6.98 Å². The fourth-order valence-corrected chi connectivity index (χ4v) is 3.91. The normalized spacial score (nSPS) is 13.2. The number of hydrogen-bond donors (Lipinski definition) is 0. The predicted molar refractivity (Wildman–Crippen MR) is 108 cm³/mol. The minimum atomic E-state index is 0.145. The van der Waals surface area contributed by atoms with Crippen molar-refractivity contribution in [1.29, 1.82) is 0 Å². The first kappa shape index (κ1) is 16.5. The van der Waals surface area contributed by atoms with E-state index in [9.17, 15) is 0 Å². The molecule has 0 N–H and O–H groups in total. The largest absolute Gasteiger partial charge is 0.503 e. The van der Waals surface area contributed by atoms with Crippen molar-refractivity contribution in [3.63, 3.8) is 0 Å². The fourth-order valence-electron chi connectivity index (χ4n) is 3.91. The molecule has 0 radical (unpaired) electrons. The summed E-state index contributed by atoms with van der Waals surface area (Å²) in [6.45, 7) is 4.51. The van der Waals surface area contributed by atoms with Gasteiger partial charge in [0.1, 0.15) is 17.1 Å². The third-order valence-electron chi connectivity index (χ3n) is 5.13. The van der Waals surface area contributed by atoms with Crippen molar-refractivity contribution in [1.82, 2.24) is 0 Å². The zero-order chi connectivity index (χ0) is 18.3. The molecule has 0 fully saturated rings. The molecule has 2 aromatic carbocycles. The molecular formula is C21H23BN3O+. The summed E-state index contributed by atoms with van der Waals surface area (Å²) in [6, 6.07) is 21.1. The first-order valence-corrected chi connectivity index (χ1v) is 8.89. The maximum atomic E-state index is 5.56. The number of aromatic nitrogens is 1. The quantitative estimate of drug-likeness (QED) is 0.524. The molecule has 0 saturated heterocycles. The highest BCUT2D eigenvalue weighted by atomic mass is 16.5. The van der Waals surface area contributed by atoms with Crippen LogP contribution in [0.1, 0.15) is 5.56 Å². The summed E-state index contributed by atoms with van der Waals surface area (Å²) in [5, 5.41) is 0. The van der Waals surface area contributed by atoms with Gasteiger partial charge in [0, 0.05) is 11.3 Å². The van der Waals surface area contributed by atoms with Crippen molar-refractivity contribution in [2.24, 2.45) is 7.05 Å². The number of fused-ring (bicyclic) bond motifs is 1. The van der Waals surface area contributed by atoms with E-state index in [0.29, 0.717) is 0 Å². The Bertz CT molecular complexity index is 945. The molecule has 130 valence electrons. The smallest absolute Gasteiger partial charge is 0.496 e. The van der Waals surface area contributed by atoms with Crippen LogP contribution in [0.3, 0.4) is 0 Å². The lowest BCUT2D eigenvalue weighted by atomic mass is 9.75. The van der Waals surface area contributed by atoms with Gasteiger partial charge in [-0.2, -0.15) is 0 Å². The van der Waals surface area contributed by atoms with Gasteiger partial charge in [0.25, 0.3) is 5.82 Å². The summed E-state index contributed by atoms with van der Waals surface area (Å²) < 4.78 is 7.75. The van der Waals surface area contributed by atoms with E-state index < -0.39 is 0 Å². The van der Waals surface area contributed by atoms with Crippen LogP contribution in [0, 0.1) is 6.92 Å². The number of benzene rings is 2. The first-order valence-electron chi connectivity index (χ1n) is 8.89. The van der Waals surface area contributed by atoms with E-state index in [2.05, 4.69) is 95.8 Å². The highest BCUT2D eigenvalue weighted by Crippen LogP contribution is 2.45. The number of para-hydroxylation sites is 1. The number of ether oxygens (including phenoxy) is 1. The number of nitrogens with zero attached hydrogens (tertiary/aromatic N) is 3. The summed E-state index contributed by atoms with van der Waals surface area (Å²) in [5.74, 6) is 2.09. The number of anilines is 4. The second kappa shape index (κ2) is 6.41. The first-order chi connectivity index (χ1) is 12.6. The van der Waals surface area contributed by atoms with Gasteiger partial charge in [0.05, 0.1) is 20.4 Å². The maximum Gasteiger partial charge on any atom is 0.503 e. The van der Waals surface area contributed by atoms with Gasteiger partial charge in [-0.15, -0.1) is 0 Å². The van der Waals surface area contributed by atoms with Crippen molar-refractivity contribution in [2.45, 2.75) is 13.7 Å². The molecule has 3 aromatic rings. The van der Waals surface area contributed by atoms with Crippen LogP contribution in [-0.2, 0) is 7.05 Å². The van der Waals surface area contributed by atoms with E-state index in [-0.39, 0.29) is 6.98 Å². The molecule has 26 heavy (non-hydrogen) atoms. The van der Waals surface area contributed by atoms with Crippen LogP contribution in [0.15, 0.2) is 66.9 Å². The van der Waals surface area contributed by atoms with Crippen molar-refractivity contribution in [2.75, 3.05) is 16.7 Å². The number of rotatable bonds is 3. The monoisotopic (exact) mass is 344 g/mol. The standard InChI is InChI=1S/C21H23BN3O/c1-16-18(12-8-14-20(16)26-4)25-21-19(13-9-15-23(21)3)24(22(25)2)17-10-6-5-7-11-17/h5-15H,1-4H3/q+1. The van der Waals surface area contributed by atoms with Crippen LogP contribution >= 0.6 is 0 Å². The van der Waals surface area contributed by atoms with Gasteiger partial charge in [-0.3, -0.25) is 4.81 Å². The third kappa shape index (κ3) is 2.43.